The van der Waals surface area contributed by atoms with E-state index in [1.807, 2.05) is 14.4 Å². The van der Waals surface area contributed by atoms with Crippen molar-refractivity contribution in [1.29, 1.82) is 0 Å². The molecule has 2 nitrogen and oxygen atoms in total. The van der Waals surface area contributed by atoms with Gasteiger partial charge in [-0.05, 0) is 86.8 Å². The van der Waals surface area contributed by atoms with Gasteiger partial charge in [0.15, 0.2) is 0 Å². The fourth-order valence-electron chi connectivity index (χ4n) is 10.9. The van der Waals surface area contributed by atoms with Gasteiger partial charge in [-0.1, -0.05) is 168 Å². The summed E-state index contributed by atoms with van der Waals surface area (Å²) in [7, 11) is 0. The molecule has 73 heavy (non-hydrogen) atoms. The van der Waals surface area contributed by atoms with Crippen LogP contribution in [0.2, 0.25) is 10.8 Å². The van der Waals surface area contributed by atoms with Crippen LogP contribution in [0.15, 0.2) is 59.7 Å². The zero-order valence-electron chi connectivity index (χ0n) is 49.8. The molecule has 0 bridgehead atoms. The molecule has 0 amide bonds. The van der Waals surface area contributed by atoms with Crippen molar-refractivity contribution in [2.24, 2.45) is 0 Å². The SMILES string of the molecule is CCCCCCCCCCC[CH2][Ni][CH2]CCCCCCCCCCC.CCCCCCCCCc1cccc(C2=C(CCCC)C(CCCCCCCC)=C(c3cccc(CCCCCCCCC)c3)[N+]2=[N-])c1. The van der Waals surface area contributed by atoms with Gasteiger partial charge >= 0.3 is 167 Å². The van der Waals surface area contributed by atoms with Gasteiger partial charge in [-0.15, -0.1) is 0 Å². The predicted octanol–water partition coefficient (Wildman–Crippen LogP) is 25.1. The molecular weight excluding hydrogens is 927 g/mol. The van der Waals surface area contributed by atoms with E-state index in [1.54, 1.807) is 4.70 Å². The Labute approximate surface area is 463 Å². The summed E-state index contributed by atoms with van der Waals surface area (Å²) in [4.78, 5) is 0. The van der Waals surface area contributed by atoms with Crippen LogP contribution in [0.4, 0.5) is 0 Å². The number of allylic oxidation sites excluding steroid dienone is 2. The van der Waals surface area contributed by atoms with Gasteiger partial charge in [-0.2, -0.15) is 0 Å². The van der Waals surface area contributed by atoms with Crippen LogP contribution >= 0.6 is 0 Å². The van der Waals surface area contributed by atoms with Gasteiger partial charge in [-0.3, -0.25) is 0 Å². The molecule has 0 fully saturated rings. The Bertz CT molecular complexity index is 1610. The average molecular weight is 1050 g/mol. The first kappa shape index (κ1) is 67.1. The third-order valence-electron chi connectivity index (χ3n) is 15.6. The number of aryl methyl sites for hydroxylation is 2. The number of benzene rings is 2. The number of unbranched alkanes of at least 4 members (excludes halogenated alkanes) is 36. The molecule has 3 heteroatoms. The molecular formula is C70H122N2Ni. The van der Waals surface area contributed by atoms with Gasteiger partial charge in [0.05, 0.1) is 0 Å². The van der Waals surface area contributed by atoms with Crippen molar-refractivity contribution in [1.82, 2.24) is 0 Å². The van der Waals surface area contributed by atoms with Crippen molar-refractivity contribution in [2.75, 3.05) is 0 Å². The van der Waals surface area contributed by atoms with Crippen LogP contribution in [-0.2, 0) is 27.3 Å². The van der Waals surface area contributed by atoms with Gasteiger partial charge in [0.1, 0.15) is 0 Å². The van der Waals surface area contributed by atoms with Crippen molar-refractivity contribution < 1.29 is 19.1 Å². The zero-order chi connectivity index (χ0) is 52.5. The van der Waals surface area contributed by atoms with E-state index in [1.165, 1.54) is 301 Å². The molecule has 1 heterocycles. The fourth-order valence-corrected chi connectivity index (χ4v) is 12.1. The first-order valence-corrected chi connectivity index (χ1v) is 34.0. The second kappa shape index (κ2) is 49.6. The molecule has 2 aromatic carbocycles. The Morgan fingerprint density at radius 3 is 0.877 bits per heavy atom. The van der Waals surface area contributed by atoms with E-state index >= 15 is 0 Å². The molecule has 3 rings (SSSR count). The van der Waals surface area contributed by atoms with E-state index < -0.39 is 0 Å². The summed E-state index contributed by atoms with van der Waals surface area (Å²) < 4.78 is 1.61. The fraction of sp³-hybridized carbons (Fsp3) is 0.771. The molecule has 0 N–H and O–H groups in total. The Kier molecular flexibility index (Phi) is 45.6. The maximum absolute atomic E-state index is 12.2. The second-order valence-corrected chi connectivity index (χ2v) is 24.1. The third-order valence-corrected chi connectivity index (χ3v) is 17.0. The minimum Gasteiger partial charge on any atom is -0.493 e. The molecule has 1 aliphatic rings. The van der Waals surface area contributed by atoms with Gasteiger partial charge in [0, 0.05) is 22.3 Å². The van der Waals surface area contributed by atoms with Gasteiger partial charge in [-0.25, -0.2) is 4.70 Å². The second-order valence-electron chi connectivity index (χ2n) is 22.6. The van der Waals surface area contributed by atoms with Crippen molar-refractivity contribution in [3.8, 4) is 0 Å². The van der Waals surface area contributed by atoms with Gasteiger partial charge in [0.2, 0.25) is 11.4 Å². The van der Waals surface area contributed by atoms with Crippen molar-refractivity contribution in [3.63, 3.8) is 0 Å². The Balaban J connectivity index is 0.000000617. The molecule has 2 aromatic rings. The van der Waals surface area contributed by atoms with Crippen LogP contribution in [0.3, 0.4) is 0 Å². The molecule has 422 valence electrons. The molecule has 0 saturated carbocycles. The first-order chi connectivity index (χ1) is 36.1. The van der Waals surface area contributed by atoms with E-state index in [0.29, 0.717) is 0 Å². The molecule has 1 aliphatic heterocycles. The van der Waals surface area contributed by atoms with Crippen molar-refractivity contribution >= 4 is 11.4 Å². The summed E-state index contributed by atoms with van der Waals surface area (Å²) in [5.74, 6) is 0. The molecule has 0 spiro atoms. The predicted molar refractivity (Wildman–Crippen MR) is 325 cm³/mol. The van der Waals surface area contributed by atoms with Crippen LogP contribution in [-0.4, -0.2) is 4.70 Å². The third kappa shape index (κ3) is 33.7. The van der Waals surface area contributed by atoms with Crippen LogP contribution in [0.5, 0.6) is 0 Å². The Morgan fingerprint density at radius 2 is 0.562 bits per heavy atom. The van der Waals surface area contributed by atoms with Crippen LogP contribution in [0.25, 0.3) is 16.9 Å². The summed E-state index contributed by atoms with van der Waals surface area (Å²) in [5, 5.41) is 2.86. The number of hydrogen-bond donors (Lipinski definition) is 0. The summed E-state index contributed by atoms with van der Waals surface area (Å²) in [5.41, 5.74) is 22.2. The number of nitrogens with zero attached hydrogens (tertiary/aromatic N) is 2. The topological polar surface area (TPSA) is 25.3 Å². The van der Waals surface area contributed by atoms with Crippen LogP contribution in [0, 0.1) is 0 Å². The first-order valence-electron chi connectivity index (χ1n) is 32.6. The minimum atomic E-state index is 1.03. The van der Waals surface area contributed by atoms with Crippen molar-refractivity contribution in [2.45, 2.75) is 348 Å². The normalized spacial score (nSPS) is 12.7. The standard InChI is InChI=1S/C46H72N2.2C12H25.Ni/c1-5-9-13-16-19-21-24-29-39-31-27-33-41(37-39)45-43(35-12-8-4)44(36-26-23-18-15-11-7-3)46(48(45)47)42-34-28-32-40(38-42)30-25-22-20-17-14-10-6-2;2*1-3-5-7-9-11-12-10-8-6-4-2;/h27-28,31-34,37-38H,5-26,29-30,35-36H2,1-4H3;2*1,3-12H2,2H3;. The van der Waals surface area contributed by atoms with Crippen LogP contribution < -0.4 is 0 Å². The van der Waals surface area contributed by atoms with E-state index in [0.717, 1.165) is 49.9 Å². The molecule has 0 aromatic heterocycles. The minimum absolute atomic E-state index is 1.03. The quantitative estimate of drug-likeness (QED) is 0.0358. The Morgan fingerprint density at radius 1 is 0.301 bits per heavy atom. The van der Waals surface area contributed by atoms with Gasteiger partial charge < -0.3 is 5.53 Å². The van der Waals surface area contributed by atoms with E-state index in [9.17, 15) is 5.53 Å². The molecule has 0 aliphatic carbocycles. The van der Waals surface area contributed by atoms with E-state index in [2.05, 4.69) is 90.1 Å². The van der Waals surface area contributed by atoms with E-state index in [-0.39, 0.29) is 0 Å². The maximum atomic E-state index is 12.2. The summed E-state index contributed by atoms with van der Waals surface area (Å²) in [6.07, 6.45) is 62.3. The molecule has 0 radical (unpaired) electrons. The monoisotopic (exact) mass is 1050 g/mol. The Hall–Kier alpha value is -1.99. The number of rotatable bonds is 50. The summed E-state index contributed by atoms with van der Waals surface area (Å²) in [6, 6.07) is 18.3. The van der Waals surface area contributed by atoms with Gasteiger partial charge in [0.25, 0.3) is 0 Å². The summed E-state index contributed by atoms with van der Waals surface area (Å²) in [6.45, 7) is 13.8. The number of hydrogen-bond acceptors (Lipinski definition) is 0. The van der Waals surface area contributed by atoms with Crippen molar-refractivity contribution in [3.05, 3.63) is 87.5 Å². The molecule has 0 saturated heterocycles. The molecule has 0 unspecified atom stereocenters. The smallest absolute Gasteiger partial charge is 0.493 e. The summed E-state index contributed by atoms with van der Waals surface area (Å²) >= 11 is 2.03. The molecule has 0 atom stereocenters. The van der Waals surface area contributed by atoms with Crippen LogP contribution in [0.1, 0.15) is 346 Å². The van der Waals surface area contributed by atoms with E-state index in [4.69, 9.17) is 0 Å². The zero-order valence-corrected chi connectivity index (χ0v) is 50.8. The average Bonchev–Trinajstić information content (AvgIpc) is 3.69.